The van der Waals surface area contributed by atoms with Gasteiger partial charge >= 0.3 is 5.97 Å². The molecular formula is C13H15F2NO3. The van der Waals surface area contributed by atoms with Gasteiger partial charge in [0.05, 0.1) is 0 Å². The summed E-state index contributed by atoms with van der Waals surface area (Å²) in [6, 6.07) is 3.77. The molecule has 0 heterocycles. The monoisotopic (exact) mass is 271 g/mol. The summed E-state index contributed by atoms with van der Waals surface area (Å²) in [5.74, 6) is -3.42. The molecule has 1 amide bonds. The predicted molar refractivity (Wildman–Crippen MR) is 64.6 cm³/mol. The Morgan fingerprint density at radius 3 is 2.58 bits per heavy atom. The second-order valence-electron chi connectivity index (χ2n) is 4.01. The van der Waals surface area contributed by atoms with Crippen molar-refractivity contribution in [2.24, 2.45) is 0 Å². The van der Waals surface area contributed by atoms with Crippen LogP contribution in [0, 0.1) is 11.6 Å². The number of likely N-dealkylation sites (N-methyl/N-ethyl adjacent to an activating group) is 1. The van der Waals surface area contributed by atoms with E-state index in [-0.39, 0.29) is 31.5 Å². The Labute approximate surface area is 109 Å². The fourth-order valence-corrected chi connectivity index (χ4v) is 1.68. The minimum atomic E-state index is -1.10. The summed E-state index contributed by atoms with van der Waals surface area (Å²) in [4.78, 5) is 23.4. The van der Waals surface area contributed by atoms with E-state index in [9.17, 15) is 18.4 Å². The van der Waals surface area contributed by atoms with Crippen molar-refractivity contribution in [2.75, 3.05) is 13.1 Å². The SMILES string of the molecule is CCN(CC(=O)O)C(=O)CCc1cccc(F)c1F. The molecule has 0 aliphatic carbocycles. The first-order chi connectivity index (χ1) is 8.95. The van der Waals surface area contributed by atoms with Crippen molar-refractivity contribution in [1.82, 2.24) is 4.90 Å². The fourth-order valence-electron chi connectivity index (χ4n) is 1.68. The summed E-state index contributed by atoms with van der Waals surface area (Å²) in [7, 11) is 0. The minimum Gasteiger partial charge on any atom is -0.480 e. The lowest BCUT2D eigenvalue weighted by Crippen LogP contribution is -2.35. The molecule has 0 atom stereocenters. The van der Waals surface area contributed by atoms with Gasteiger partial charge in [0.2, 0.25) is 5.91 Å². The maximum atomic E-state index is 13.4. The van der Waals surface area contributed by atoms with Crippen LogP contribution in [0.5, 0.6) is 0 Å². The summed E-state index contributed by atoms with van der Waals surface area (Å²) < 4.78 is 26.3. The molecule has 0 radical (unpaired) electrons. The van der Waals surface area contributed by atoms with Crippen LogP contribution in [-0.4, -0.2) is 35.0 Å². The standard InChI is InChI=1S/C13H15F2NO3/c1-2-16(8-12(18)19)11(17)7-6-9-4-3-5-10(14)13(9)15/h3-5H,2,6-8H2,1H3,(H,18,19). The molecule has 6 heteroatoms. The minimum absolute atomic E-state index is 0.0402. The number of aryl methyl sites for hydroxylation is 1. The quantitative estimate of drug-likeness (QED) is 0.858. The van der Waals surface area contributed by atoms with Gasteiger partial charge in [-0.1, -0.05) is 12.1 Å². The lowest BCUT2D eigenvalue weighted by Gasteiger charge is -2.18. The predicted octanol–water partition coefficient (Wildman–Crippen LogP) is 1.83. The van der Waals surface area contributed by atoms with E-state index in [1.165, 1.54) is 12.1 Å². The van der Waals surface area contributed by atoms with Gasteiger partial charge in [0.1, 0.15) is 6.54 Å². The summed E-state index contributed by atoms with van der Waals surface area (Å²) in [6.45, 7) is 1.53. The third kappa shape index (κ3) is 4.31. The molecule has 0 spiro atoms. The molecular weight excluding hydrogens is 256 g/mol. The Hall–Kier alpha value is -1.98. The maximum absolute atomic E-state index is 13.4. The van der Waals surface area contributed by atoms with Crippen LogP contribution < -0.4 is 0 Å². The van der Waals surface area contributed by atoms with E-state index in [1.54, 1.807) is 6.92 Å². The molecule has 0 aliphatic heterocycles. The Kier molecular flexibility index (Phi) is 5.41. The van der Waals surface area contributed by atoms with E-state index in [0.717, 1.165) is 11.0 Å². The summed E-state index contributed by atoms with van der Waals surface area (Å²) in [5.41, 5.74) is 0.111. The number of aliphatic carboxylic acids is 1. The zero-order valence-corrected chi connectivity index (χ0v) is 10.5. The number of carboxylic acids is 1. The average Bonchev–Trinajstić information content (AvgIpc) is 2.37. The molecule has 0 saturated heterocycles. The van der Waals surface area contributed by atoms with Crippen LogP contribution in [0.25, 0.3) is 0 Å². The number of amides is 1. The van der Waals surface area contributed by atoms with Gasteiger partial charge in [-0.15, -0.1) is 0 Å². The van der Waals surface area contributed by atoms with Crippen molar-refractivity contribution < 1.29 is 23.5 Å². The van der Waals surface area contributed by atoms with Crippen LogP contribution >= 0.6 is 0 Å². The van der Waals surface area contributed by atoms with Crippen molar-refractivity contribution in [3.63, 3.8) is 0 Å². The summed E-state index contributed by atoms with van der Waals surface area (Å²) >= 11 is 0. The number of rotatable bonds is 6. The zero-order chi connectivity index (χ0) is 14.4. The number of nitrogens with zero attached hydrogens (tertiary/aromatic N) is 1. The van der Waals surface area contributed by atoms with Crippen LogP contribution in [0.2, 0.25) is 0 Å². The number of hydrogen-bond acceptors (Lipinski definition) is 2. The van der Waals surface area contributed by atoms with Crippen LogP contribution in [0.3, 0.4) is 0 Å². The number of carbonyl (C=O) groups excluding carboxylic acids is 1. The number of carboxylic acid groups (broad SMARTS) is 1. The summed E-state index contributed by atoms with van der Waals surface area (Å²) in [6.07, 6.45) is -0.0139. The van der Waals surface area contributed by atoms with Gasteiger partial charge in [-0.2, -0.15) is 0 Å². The molecule has 0 aliphatic rings. The largest absolute Gasteiger partial charge is 0.480 e. The highest BCUT2D eigenvalue weighted by molar-refractivity contribution is 5.81. The van der Waals surface area contributed by atoms with E-state index in [1.807, 2.05) is 0 Å². The van der Waals surface area contributed by atoms with Gasteiger partial charge in [-0.3, -0.25) is 9.59 Å². The Bertz CT molecular complexity index is 477. The van der Waals surface area contributed by atoms with Crippen molar-refractivity contribution in [1.29, 1.82) is 0 Å². The van der Waals surface area contributed by atoms with Crippen molar-refractivity contribution in [2.45, 2.75) is 19.8 Å². The van der Waals surface area contributed by atoms with Crippen LogP contribution in [0.1, 0.15) is 18.9 Å². The molecule has 4 nitrogen and oxygen atoms in total. The van der Waals surface area contributed by atoms with Gasteiger partial charge < -0.3 is 10.0 Å². The molecule has 0 fully saturated rings. The maximum Gasteiger partial charge on any atom is 0.323 e. The van der Waals surface area contributed by atoms with Gasteiger partial charge in [0.25, 0.3) is 0 Å². The second-order valence-corrected chi connectivity index (χ2v) is 4.01. The van der Waals surface area contributed by atoms with Gasteiger partial charge in [-0.05, 0) is 25.0 Å². The molecule has 0 saturated carbocycles. The molecule has 0 unspecified atom stereocenters. The number of hydrogen-bond donors (Lipinski definition) is 1. The third-order valence-electron chi connectivity index (χ3n) is 2.70. The van der Waals surface area contributed by atoms with Crippen LogP contribution in [0.15, 0.2) is 18.2 Å². The third-order valence-corrected chi connectivity index (χ3v) is 2.70. The molecule has 0 aromatic heterocycles. The normalized spacial score (nSPS) is 10.3. The molecule has 1 aromatic carbocycles. The smallest absolute Gasteiger partial charge is 0.323 e. The van der Waals surface area contributed by atoms with E-state index < -0.39 is 23.5 Å². The van der Waals surface area contributed by atoms with Gasteiger partial charge in [0, 0.05) is 13.0 Å². The topological polar surface area (TPSA) is 57.6 Å². The van der Waals surface area contributed by atoms with E-state index in [0.29, 0.717) is 0 Å². The fraction of sp³-hybridized carbons (Fsp3) is 0.385. The van der Waals surface area contributed by atoms with Crippen molar-refractivity contribution >= 4 is 11.9 Å². The van der Waals surface area contributed by atoms with E-state index in [2.05, 4.69) is 0 Å². The van der Waals surface area contributed by atoms with E-state index in [4.69, 9.17) is 5.11 Å². The molecule has 19 heavy (non-hydrogen) atoms. The lowest BCUT2D eigenvalue weighted by molar-refractivity contribution is -0.144. The Morgan fingerprint density at radius 1 is 1.32 bits per heavy atom. The summed E-state index contributed by atoms with van der Waals surface area (Å²) in [5, 5.41) is 8.63. The van der Waals surface area contributed by atoms with Crippen LogP contribution in [-0.2, 0) is 16.0 Å². The number of benzene rings is 1. The number of halogens is 2. The first-order valence-electron chi connectivity index (χ1n) is 5.88. The zero-order valence-electron chi connectivity index (χ0n) is 10.5. The molecule has 104 valence electrons. The molecule has 1 aromatic rings. The highest BCUT2D eigenvalue weighted by atomic mass is 19.2. The molecule has 1 rings (SSSR count). The van der Waals surface area contributed by atoms with E-state index >= 15 is 0 Å². The highest BCUT2D eigenvalue weighted by Gasteiger charge is 2.16. The lowest BCUT2D eigenvalue weighted by atomic mass is 10.1. The Balaban J connectivity index is 2.62. The highest BCUT2D eigenvalue weighted by Crippen LogP contribution is 2.13. The first-order valence-corrected chi connectivity index (χ1v) is 5.88. The second kappa shape index (κ2) is 6.82. The Morgan fingerprint density at radius 2 is 2.00 bits per heavy atom. The first kappa shape index (κ1) is 15.1. The average molecular weight is 271 g/mol. The van der Waals surface area contributed by atoms with Gasteiger partial charge in [-0.25, -0.2) is 8.78 Å². The molecule has 1 N–H and O–H groups in total. The van der Waals surface area contributed by atoms with Crippen molar-refractivity contribution in [3.05, 3.63) is 35.4 Å². The number of carbonyl (C=O) groups is 2. The molecule has 0 bridgehead atoms. The van der Waals surface area contributed by atoms with Crippen LogP contribution in [0.4, 0.5) is 8.78 Å². The van der Waals surface area contributed by atoms with Gasteiger partial charge in [0.15, 0.2) is 11.6 Å². The van der Waals surface area contributed by atoms with Crippen molar-refractivity contribution in [3.8, 4) is 0 Å².